The van der Waals surface area contributed by atoms with Gasteiger partial charge in [-0.2, -0.15) is 5.10 Å². The molecule has 0 radical (unpaired) electrons. The van der Waals surface area contributed by atoms with Gasteiger partial charge in [0.1, 0.15) is 22.7 Å². The number of pyridine rings is 1. The smallest absolute Gasteiger partial charge is 0.264 e. The number of aryl methyl sites for hydroxylation is 1. The van der Waals surface area contributed by atoms with E-state index in [1.165, 1.54) is 23.7 Å². The Bertz CT molecular complexity index is 1990. The van der Waals surface area contributed by atoms with Crippen LogP contribution in [-0.2, 0) is 0 Å². The fourth-order valence-electron chi connectivity index (χ4n) is 5.43. The first kappa shape index (κ1) is 25.4. The molecule has 2 N–H and O–H groups in total. The summed E-state index contributed by atoms with van der Waals surface area (Å²) in [4.78, 5) is 23.7. The summed E-state index contributed by atoms with van der Waals surface area (Å²) in [7, 11) is 0. The normalized spacial score (nSPS) is 14.1. The number of anilines is 1. The van der Waals surface area contributed by atoms with Gasteiger partial charge in [-0.3, -0.25) is 9.20 Å². The fraction of sp³-hybridized carbons (Fsp3) is 0.226. The molecule has 4 aromatic heterocycles. The van der Waals surface area contributed by atoms with Gasteiger partial charge in [0, 0.05) is 16.6 Å². The van der Waals surface area contributed by atoms with Crippen LogP contribution in [0.4, 0.5) is 10.2 Å². The number of hydrogen-bond donors (Lipinski definition) is 1. The van der Waals surface area contributed by atoms with E-state index in [1.54, 1.807) is 21.2 Å². The minimum atomic E-state index is -0.461. The minimum absolute atomic E-state index is 0.0806. The topological polar surface area (TPSA) is 100 Å². The largest absolute Gasteiger partial charge is 0.487 e. The summed E-state index contributed by atoms with van der Waals surface area (Å²) in [6.07, 6.45) is 3.97. The lowest BCUT2D eigenvalue weighted by atomic mass is 9.95. The molecule has 0 aliphatic heterocycles. The van der Waals surface area contributed by atoms with E-state index in [0.29, 0.717) is 34.3 Å². The van der Waals surface area contributed by atoms with Crippen LogP contribution in [0.15, 0.2) is 71.1 Å². The van der Waals surface area contributed by atoms with Crippen molar-refractivity contribution in [2.75, 3.05) is 5.73 Å². The third-order valence-corrected chi connectivity index (χ3v) is 8.55. The Hall–Kier alpha value is -4.57. The highest BCUT2D eigenvalue weighted by Gasteiger charge is 2.28. The van der Waals surface area contributed by atoms with Gasteiger partial charge in [0.2, 0.25) is 0 Å². The Kier molecular flexibility index (Phi) is 6.08. The number of nitrogens with two attached hydrogens (primary N) is 1. The molecule has 1 fully saturated rings. The van der Waals surface area contributed by atoms with Crippen molar-refractivity contribution < 1.29 is 9.13 Å². The lowest BCUT2D eigenvalue weighted by molar-refractivity contribution is 0.287. The molecule has 1 saturated carbocycles. The monoisotopic (exact) mass is 566 g/mol. The van der Waals surface area contributed by atoms with Gasteiger partial charge < -0.3 is 10.5 Å². The molecule has 6 aromatic rings. The zero-order valence-corrected chi connectivity index (χ0v) is 23.4. The summed E-state index contributed by atoms with van der Waals surface area (Å²) in [6.45, 7) is 3.98. The molecule has 206 valence electrons. The van der Waals surface area contributed by atoms with Crippen molar-refractivity contribution in [3.8, 4) is 28.1 Å². The van der Waals surface area contributed by atoms with Crippen LogP contribution in [0.2, 0.25) is 0 Å². The van der Waals surface area contributed by atoms with Gasteiger partial charge in [0.25, 0.3) is 5.56 Å². The molecule has 2 aromatic carbocycles. The lowest BCUT2D eigenvalue weighted by Crippen LogP contribution is -2.22. The number of benzene rings is 2. The Morgan fingerprint density at radius 3 is 2.66 bits per heavy atom. The third-order valence-electron chi connectivity index (χ3n) is 7.55. The summed E-state index contributed by atoms with van der Waals surface area (Å²) < 4.78 is 24.4. The molecular weight excluding hydrogens is 539 g/mol. The molecule has 0 spiro atoms. The zero-order chi connectivity index (χ0) is 28.2. The van der Waals surface area contributed by atoms with Gasteiger partial charge >= 0.3 is 0 Å². The maximum atomic E-state index is 15.1. The minimum Gasteiger partial charge on any atom is -0.487 e. The second-order valence-corrected chi connectivity index (χ2v) is 11.2. The zero-order valence-electron chi connectivity index (χ0n) is 22.5. The summed E-state index contributed by atoms with van der Waals surface area (Å²) >= 11 is 1.52. The van der Waals surface area contributed by atoms with Crippen LogP contribution < -0.4 is 16.0 Å². The lowest BCUT2D eigenvalue weighted by Gasteiger charge is -2.21. The molecule has 1 aliphatic carbocycles. The van der Waals surface area contributed by atoms with E-state index in [1.807, 2.05) is 49.6 Å². The highest BCUT2D eigenvalue weighted by molar-refractivity contribution is 7.15. The van der Waals surface area contributed by atoms with Crippen molar-refractivity contribution in [1.29, 1.82) is 0 Å². The van der Waals surface area contributed by atoms with Gasteiger partial charge in [0.05, 0.1) is 23.1 Å². The number of rotatable bonds is 7. The molecule has 0 amide bonds. The van der Waals surface area contributed by atoms with E-state index in [-0.39, 0.29) is 29.3 Å². The van der Waals surface area contributed by atoms with Crippen LogP contribution in [0.5, 0.6) is 5.75 Å². The number of hydrogen-bond acceptors (Lipinski definition) is 7. The van der Waals surface area contributed by atoms with E-state index in [4.69, 9.17) is 15.6 Å². The molecule has 10 heteroatoms. The van der Waals surface area contributed by atoms with Crippen molar-refractivity contribution in [2.45, 2.75) is 45.3 Å². The van der Waals surface area contributed by atoms with Crippen molar-refractivity contribution in [3.63, 3.8) is 0 Å². The number of halogens is 1. The highest BCUT2D eigenvalue weighted by atomic mass is 32.1. The van der Waals surface area contributed by atoms with Crippen LogP contribution in [-0.4, -0.2) is 30.3 Å². The van der Waals surface area contributed by atoms with E-state index < -0.39 is 5.82 Å². The van der Waals surface area contributed by atoms with Gasteiger partial charge in [-0.1, -0.05) is 37.3 Å². The molecule has 0 bridgehead atoms. The molecule has 8 nitrogen and oxygen atoms in total. The first-order valence-corrected chi connectivity index (χ1v) is 14.5. The van der Waals surface area contributed by atoms with E-state index in [0.717, 1.165) is 34.5 Å². The number of thiazole rings is 1. The summed E-state index contributed by atoms with van der Waals surface area (Å²) in [6, 6.07) is 16.2. The molecule has 7 rings (SSSR count). The Balaban J connectivity index is 1.45. The summed E-state index contributed by atoms with van der Waals surface area (Å²) in [5, 5.41) is 7.50. The summed E-state index contributed by atoms with van der Waals surface area (Å²) in [5.41, 5.74) is 11.0. The van der Waals surface area contributed by atoms with Crippen molar-refractivity contribution in [1.82, 2.24) is 24.1 Å². The number of ether oxygens (including phenoxy) is 1. The van der Waals surface area contributed by atoms with Crippen LogP contribution in [0.3, 0.4) is 0 Å². The highest BCUT2D eigenvalue weighted by Crippen LogP contribution is 2.38. The second-order valence-electron chi connectivity index (χ2n) is 10.3. The molecule has 1 unspecified atom stereocenters. The first-order chi connectivity index (χ1) is 19.9. The van der Waals surface area contributed by atoms with Crippen LogP contribution in [0.25, 0.3) is 38.2 Å². The van der Waals surface area contributed by atoms with Crippen molar-refractivity contribution in [2.24, 2.45) is 0 Å². The van der Waals surface area contributed by atoms with Crippen LogP contribution in [0.1, 0.15) is 43.5 Å². The maximum Gasteiger partial charge on any atom is 0.264 e. The number of aromatic nitrogens is 5. The third kappa shape index (κ3) is 4.26. The average Bonchev–Trinajstić information content (AvgIpc) is 3.60. The number of fused-ring (bicyclic) bond motifs is 2. The Morgan fingerprint density at radius 1 is 1.12 bits per heavy atom. The Labute approximate surface area is 238 Å². The first-order valence-electron chi connectivity index (χ1n) is 13.6. The Morgan fingerprint density at radius 2 is 1.93 bits per heavy atom. The van der Waals surface area contributed by atoms with E-state index in [9.17, 15) is 4.79 Å². The quantitative estimate of drug-likeness (QED) is 0.240. The number of nitrogen functional groups attached to an aromatic ring is 1. The van der Waals surface area contributed by atoms with Gasteiger partial charge in [0.15, 0.2) is 17.2 Å². The van der Waals surface area contributed by atoms with Crippen molar-refractivity contribution >= 4 is 33.0 Å². The molecule has 41 heavy (non-hydrogen) atoms. The average molecular weight is 567 g/mol. The maximum absolute atomic E-state index is 15.1. The number of nitrogens with zero attached hydrogens (tertiary/aromatic N) is 5. The molecule has 4 heterocycles. The predicted octanol–water partition coefficient (Wildman–Crippen LogP) is 6.41. The van der Waals surface area contributed by atoms with E-state index >= 15 is 4.39 Å². The molecular formula is C31H27FN6O2S. The van der Waals surface area contributed by atoms with Crippen LogP contribution in [0, 0.1) is 12.7 Å². The van der Waals surface area contributed by atoms with Crippen LogP contribution >= 0.6 is 11.3 Å². The van der Waals surface area contributed by atoms with E-state index in [2.05, 4.69) is 16.0 Å². The van der Waals surface area contributed by atoms with Gasteiger partial charge in [-0.15, -0.1) is 11.3 Å². The van der Waals surface area contributed by atoms with Gasteiger partial charge in [-0.25, -0.2) is 19.0 Å². The second kappa shape index (κ2) is 9.81. The molecule has 1 atom stereocenters. The fourth-order valence-corrected chi connectivity index (χ4v) is 6.35. The van der Waals surface area contributed by atoms with Gasteiger partial charge in [-0.05, 0) is 61.6 Å². The molecule has 1 aliphatic rings. The van der Waals surface area contributed by atoms with Crippen molar-refractivity contribution in [3.05, 3.63) is 93.7 Å². The SMILES string of the molecule is CCC(c1cc2scc(C)n2c(=O)c1-c1ccccc1)n1nc(-c2ccc(OC3CC3)c(F)c2)c2c(N)ncnc21. The predicted molar refractivity (Wildman–Crippen MR) is 159 cm³/mol. The summed E-state index contributed by atoms with van der Waals surface area (Å²) in [5.74, 6) is 0.0122. The standard InChI is InChI=1S/C31H27FN6O2S/c1-3-23(21-14-25-37(17(2)15-41-25)31(39)26(21)18-7-5-4-6-8-18)38-30-27(29(33)34-16-35-30)28(36-38)19-9-12-24(22(32)13-19)40-20-10-11-20/h4-9,12-16,20,23H,3,10-11H2,1-2H3,(H2,33,34,35). The molecule has 0 saturated heterocycles.